The van der Waals surface area contributed by atoms with Crippen LogP contribution in [0, 0.1) is 0 Å². The maximum atomic E-state index is 11.7. The van der Waals surface area contributed by atoms with Gasteiger partial charge in [0.05, 0.1) is 0 Å². The highest BCUT2D eigenvalue weighted by Gasteiger charge is 2.10. The van der Waals surface area contributed by atoms with E-state index in [1.807, 2.05) is 30.3 Å². The summed E-state index contributed by atoms with van der Waals surface area (Å²) in [6, 6.07) is 12.3. The molecule has 2 amide bonds. The third kappa shape index (κ3) is 3.21. The molecule has 0 saturated carbocycles. The van der Waals surface area contributed by atoms with Gasteiger partial charge in [0.1, 0.15) is 0 Å². The van der Waals surface area contributed by atoms with Crippen molar-refractivity contribution >= 4 is 17.8 Å². The number of hydrogen-bond donors (Lipinski definition) is 2. The molecule has 2 heterocycles. The van der Waals surface area contributed by atoms with Crippen LogP contribution in [0.2, 0.25) is 0 Å². The summed E-state index contributed by atoms with van der Waals surface area (Å²) in [5.74, 6) is 1.09. The van der Waals surface area contributed by atoms with E-state index in [2.05, 4.69) is 25.8 Å². The first-order valence-corrected chi connectivity index (χ1v) is 6.18. The van der Waals surface area contributed by atoms with Gasteiger partial charge in [-0.25, -0.2) is 14.8 Å². The second-order valence-electron chi connectivity index (χ2n) is 4.09. The Kier molecular flexibility index (Phi) is 3.55. The van der Waals surface area contributed by atoms with Gasteiger partial charge in [-0.2, -0.15) is 0 Å². The standard InChI is InChI=1S/C14H11N5O2/c20-14(18-13-15-7-4-8-16-13)17-12-9-11(21-19-12)10-5-2-1-3-6-10/h1-9H,(H2,15,16,17,18,19,20). The van der Waals surface area contributed by atoms with E-state index in [1.165, 1.54) is 12.4 Å². The molecule has 0 saturated heterocycles. The highest BCUT2D eigenvalue weighted by molar-refractivity contribution is 5.98. The van der Waals surface area contributed by atoms with Gasteiger partial charge in [-0.3, -0.25) is 10.6 Å². The van der Waals surface area contributed by atoms with Gasteiger partial charge in [0.2, 0.25) is 5.95 Å². The normalized spacial score (nSPS) is 10.1. The lowest BCUT2D eigenvalue weighted by Crippen LogP contribution is -2.20. The Labute approximate surface area is 120 Å². The van der Waals surface area contributed by atoms with Crippen molar-refractivity contribution in [2.24, 2.45) is 0 Å². The molecule has 21 heavy (non-hydrogen) atoms. The van der Waals surface area contributed by atoms with Crippen molar-refractivity contribution < 1.29 is 9.32 Å². The third-order valence-electron chi connectivity index (χ3n) is 2.60. The summed E-state index contributed by atoms with van der Waals surface area (Å²) in [4.78, 5) is 19.5. The molecule has 3 aromatic rings. The van der Waals surface area contributed by atoms with Gasteiger partial charge in [-0.05, 0) is 6.07 Å². The van der Waals surface area contributed by atoms with E-state index >= 15 is 0 Å². The fourth-order valence-electron chi connectivity index (χ4n) is 1.69. The van der Waals surface area contributed by atoms with Crippen molar-refractivity contribution in [3.8, 4) is 11.3 Å². The molecular formula is C14H11N5O2. The van der Waals surface area contributed by atoms with E-state index in [4.69, 9.17) is 4.52 Å². The molecular weight excluding hydrogens is 270 g/mol. The van der Waals surface area contributed by atoms with Crippen LogP contribution in [0.1, 0.15) is 0 Å². The minimum absolute atomic E-state index is 0.210. The number of urea groups is 1. The van der Waals surface area contributed by atoms with Gasteiger partial charge < -0.3 is 4.52 Å². The zero-order valence-corrected chi connectivity index (χ0v) is 10.9. The lowest BCUT2D eigenvalue weighted by molar-refractivity contribution is 0.261. The third-order valence-corrected chi connectivity index (χ3v) is 2.60. The number of amides is 2. The van der Waals surface area contributed by atoms with E-state index in [0.717, 1.165) is 5.56 Å². The van der Waals surface area contributed by atoms with Crippen LogP contribution in [-0.4, -0.2) is 21.2 Å². The maximum absolute atomic E-state index is 11.7. The number of anilines is 2. The number of rotatable bonds is 3. The largest absolute Gasteiger partial charge is 0.354 e. The van der Waals surface area contributed by atoms with Crippen LogP contribution >= 0.6 is 0 Å². The zero-order valence-electron chi connectivity index (χ0n) is 10.9. The number of carbonyl (C=O) groups excluding carboxylic acids is 1. The Bertz CT molecular complexity index is 727. The maximum Gasteiger partial charge on any atom is 0.327 e. The predicted molar refractivity (Wildman–Crippen MR) is 76.6 cm³/mol. The van der Waals surface area contributed by atoms with E-state index in [9.17, 15) is 4.79 Å². The molecule has 0 fully saturated rings. The summed E-state index contributed by atoms with van der Waals surface area (Å²) < 4.78 is 5.18. The molecule has 0 aliphatic rings. The molecule has 0 radical (unpaired) electrons. The molecule has 2 aromatic heterocycles. The number of carbonyl (C=O) groups is 1. The molecule has 0 aliphatic heterocycles. The predicted octanol–water partition coefficient (Wildman–Crippen LogP) is 2.78. The lowest BCUT2D eigenvalue weighted by Gasteiger charge is -2.01. The van der Waals surface area contributed by atoms with Crippen molar-refractivity contribution in [2.75, 3.05) is 10.6 Å². The van der Waals surface area contributed by atoms with Crippen LogP contribution in [0.5, 0.6) is 0 Å². The molecule has 1 aromatic carbocycles. The monoisotopic (exact) mass is 281 g/mol. The summed E-state index contributed by atoms with van der Waals surface area (Å²) in [5, 5.41) is 8.82. The Morgan fingerprint density at radius 3 is 2.52 bits per heavy atom. The fourth-order valence-corrected chi connectivity index (χ4v) is 1.69. The van der Waals surface area contributed by atoms with E-state index in [-0.39, 0.29) is 5.95 Å². The molecule has 0 atom stereocenters. The number of hydrogen-bond acceptors (Lipinski definition) is 5. The number of benzene rings is 1. The quantitative estimate of drug-likeness (QED) is 0.770. The molecule has 3 rings (SSSR count). The Balaban J connectivity index is 1.66. The molecule has 0 unspecified atom stereocenters. The van der Waals surface area contributed by atoms with Crippen LogP contribution in [0.4, 0.5) is 16.6 Å². The fraction of sp³-hybridized carbons (Fsp3) is 0. The molecule has 7 nitrogen and oxygen atoms in total. The number of nitrogens with one attached hydrogen (secondary N) is 2. The van der Waals surface area contributed by atoms with Crippen LogP contribution < -0.4 is 10.6 Å². The number of aromatic nitrogens is 3. The lowest BCUT2D eigenvalue weighted by atomic mass is 10.2. The first-order valence-electron chi connectivity index (χ1n) is 6.18. The molecule has 2 N–H and O–H groups in total. The van der Waals surface area contributed by atoms with Crippen molar-refractivity contribution in [1.29, 1.82) is 0 Å². The molecule has 104 valence electrons. The van der Waals surface area contributed by atoms with Gasteiger partial charge in [0.25, 0.3) is 0 Å². The Hall–Kier alpha value is -3.22. The highest BCUT2D eigenvalue weighted by atomic mass is 16.5. The second kappa shape index (κ2) is 5.83. The van der Waals surface area contributed by atoms with Crippen molar-refractivity contribution in [2.45, 2.75) is 0 Å². The van der Waals surface area contributed by atoms with Crippen molar-refractivity contribution in [1.82, 2.24) is 15.1 Å². The van der Waals surface area contributed by atoms with Crippen molar-refractivity contribution in [3.63, 3.8) is 0 Å². The average Bonchev–Trinajstić information content (AvgIpc) is 2.97. The molecule has 0 aliphatic carbocycles. The van der Waals surface area contributed by atoms with Gasteiger partial charge in [0.15, 0.2) is 11.6 Å². The average molecular weight is 281 g/mol. The topological polar surface area (TPSA) is 92.9 Å². The zero-order chi connectivity index (χ0) is 14.5. The summed E-state index contributed by atoms with van der Waals surface area (Å²) in [6.07, 6.45) is 3.07. The van der Waals surface area contributed by atoms with Crippen LogP contribution in [-0.2, 0) is 0 Å². The minimum Gasteiger partial charge on any atom is -0.354 e. The summed E-state index contributed by atoms with van der Waals surface area (Å²) >= 11 is 0. The van der Waals surface area contributed by atoms with E-state index in [1.54, 1.807) is 12.1 Å². The molecule has 0 spiro atoms. The van der Waals surface area contributed by atoms with Gasteiger partial charge >= 0.3 is 6.03 Å². The Morgan fingerprint density at radius 1 is 1.00 bits per heavy atom. The minimum atomic E-state index is -0.492. The molecule has 0 bridgehead atoms. The number of nitrogens with zero attached hydrogens (tertiary/aromatic N) is 3. The highest BCUT2D eigenvalue weighted by Crippen LogP contribution is 2.21. The first-order chi connectivity index (χ1) is 10.3. The molecule has 7 heteroatoms. The smallest absolute Gasteiger partial charge is 0.327 e. The van der Waals surface area contributed by atoms with Gasteiger partial charge in [-0.1, -0.05) is 35.5 Å². The van der Waals surface area contributed by atoms with Crippen LogP contribution in [0.25, 0.3) is 11.3 Å². The first kappa shape index (κ1) is 12.8. The summed E-state index contributed by atoms with van der Waals surface area (Å²) in [7, 11) is 0. The van der Waals surface area contributed by atoms with E-state index < -0.39 is 6.03 Å². The van der Waals surface area contributed by atoms with Crippen LogP contribution in [0.3, 0.4) is 0 Å². The SMILES string of the molecule is O=C(Nc1cc(-c2ccccc2)on1)Nc1ncccn1. The van der Waals surface area contributed by atoms with Gasteiger partial charge in [-0.15, -0.1) is 0 Å². The van der Waals surface area contributed by atoms with Gasteiger partial charge in [0, 0.05) is 24.0 Å². The van der Waals surface area contributed by atoms with E-state index in [0.29, 0.717) is 11.6 Å². The van der Waals surface area contributed by atoms with Crippen LogP contribution in [0.15, 0.2) is 59.4 Å². The van der Waals surface area contributed by atoms with Crippen molar-refractivity contribution in [3.05, 3.63) is 54.9 Å². The summed E-state index contributed by atoms with van der Waals surface area (Å²) in [6.45, 7) is 0. The Morgan fingerprint density at radius 2 is 1.76 bits per heavy atom. The second-order valence-corrected chi connectivity index (χ2v) is 4.09. The summed E-state index contributed by atoms with van der Waals surface area (Å²) in [5.41, 5.74) is 0.879.